The van der Waals surface area contributed by atoms with Crippen LogP contribution in [0.5, 0.6) is 5.75 Å². The van der Waals surface area contributed by atoms with Crippen LogP contribution < -0.4 is 10.1 Å². The highest BCUT2D eigenvalue weighted by Crippen LogP contribution is 2.35. The van der Waals surface area contributed by atoms with Gasteiger partial charge < -0.3 is 10.1 Å². The van der Waals surface area contributed by atoms with E-state index in [1.165, 1.54) is 23.5 Å². The molecule has 2 rings (SSSR count). The third kappa shape index (κ3) is 3.90. The summed E-state index contributed by atoms with van der Waals surface area (Å²) in [6, 6.07) is 9.21. The Kier molecular flexibility index (Phi) is 4.80. The summed E-state index contributed by atoms with van der Waals surface area (Å²) in [4.78, 5) is 0. The maximum atomic E-state index is 5.45. The highest BCUT2D eigenvalue weighted by molar-refractivity contribution is 7.99. The first-order chi connectivity index (χ1) is 9.02. The van der Waals surface area contributed by atoms with E-state index in [-0.39, 0.29) is 0 Å². The molecule has 0 aromatic heterocycles. The first-order valence-corrected chi connectivity index (χ1v) is 8.14. The molecule has 1 N–H and O–H groups in total. The van der Waals surface area contributed by atoms with Gasteiger partial charge in [-0.1, -0.05) is 32.0 Å². The summed E-state index contributed by atoms with van der Waals surface area (Å²) in [5.74, 6) is 3.46. The van der Waals surface area contributed by atoms with Gasteiger partial charge in [0.15, 0.2) is 0 Å². The minimum absolute atomic E-state index is 0.329. The fourth-order valence-electron chi connectivity index (χ4n) is 2.84. The number of hydrogen-bond donors (Lipinski definition) is 1. The van der Waals surface area contributed by atoms with Crippen LogP contribution in [-0.2, 0) is 0 Å². The summed E-state index contributed by atoms with van der Waals surface area (Å²) in [6.45, 7) is 6.95. The molecule has 0 amide bonds. The van der Waals surface area contributed by atoms with Crippen molar-refractivity contribution in [2.45, 2.75) is 39.3 Å². The van der Waals surface area contributed by atoms with Gasteiger partial charge in [-0.15, -0.1) is 0 Å². The van der Waals surface area contributed by atoms with E-state index >= 15 is 0 Å². The summed E-state index contributed by atoms with van der Waals surface area (Å²) >= 11 is 2.06. The smallest absolute Gasteiger partial charge is 0.123 e. The molecule has 1 aliphatic rings. The summed E-state index contributed by atoms with van der Waals surface area (Å²) in [7, 11) is 1.74. The molecule has 1 aromatic rings. The van der Waals surface area contributed by atoms with Gasteiger partial charge in [0, 0.05) is 23.4 Å². The van der Waals surface area contributed by atoms with Crippen molar-refractivity contribution in [1.29, 1.82) is 0 Å². The monoisotopic (exact) mass is 279 g/mol. The Hall–Kier alpha value is -0.670. The molecule has 1 saturated heterocycles. The van der Waals surface area contributed by atoms with Crippen LogP contribution in [0.2, 0.25) is 0 Å². The van der Waals surface area contributed by atoms with Gasteiger partial charge in [0.2, 0.25) is 0 Å². The second-order valence-corrected chi connectivity index (χ2v) is 7.24. The molecule has 1 unspecified atom stereocenters. The van der Waals surface area contributed by atoms with Crippen LogP contribution in [0.15, 0.2) is 24.3 Å². The van der Waals surface area contributed by atoms with Crippen LogP contribution >= 0.6 is 11.8 Å². The number of ether oxygens (including phenoxy) is 1. The molecule has 0 radical (unpaired) electrons. The topological polar surface area (TPSA) is 21.3 Å². The molecule has 19 heavy (non-hydrogen) atoms. The predicted octanol–water partition coefficient (Wildman–Crippen LogP) is 3.88. The van der Waals surface area contributed by atoms with Gasteiger partial charge >= 0.3 is 0 Å². The molecule has 0 aliphatic carbocycles. The number of para-hydroxylation sites is 1. The molecule has 106 valence electrons. The lowest BCUT2D eigenvalue weighted by atomic mass is 9.87. The molecule has 1 aromatic carbocycles. The molecule has 2 nitrogen and oxygen atoms in total. The third-order valence-corrected chi connectivity index (χ3v) is 5.33. The maximum absolute atomic E-state index is 5.45. The van der Waals surface area contributed by atoms with E-state index in [0.717, 1.165) is 5.75 Å². The summed E-state index contributed by atoms with van der Waals surface area (Å²) in [6.07, 6.45) is 1.25. The normalized spacial score (nSPS) is 23.9. The maximum Gasteiger partial charge on any atom is 0.123 e. The lowest BCUT2D eigenvalue weighted by molar-refractivity contribution is 0.302. The van der Waals surface area contributed by atoms with Gasteiger partial charge in [0.1, 0.15) is 5.75 Å². The summed E-state index contributed by atoms with van der Waals surface area (Å²) in [5.41, 5.74) is 1.69. The van der Waals surface area contributed by atoms with Crippen molar-refractivity contribution in [2.75, 3.05) is 18.6 Å². The van der Waals surface area contributed by atoms with E-state index in [1.54, 1.807) is 7.11 Å². The largest absolute Gasteiger partial charge is 0.496 e. The zero-order valence-corrected chi connectivity index (χ0v) is 13.2. The second-order valence-electron chi connectivity index (χ2n) is 6.21. The lowest BCUT2D eigenvalue weighted by Gasteiger charge is -2.36. The summed E-state index contributed by atoms with van der Waals surface area (Å²) < 4.78 is 5.45. The van der Waals surface area contributed by atoms with E-state index in [4.69, 9.17) is 4.74 Å². The summed E-state index contributed by atoms with van der Waals surface area (Å²) in [5, 5.41) is 3.76. The van der Waals surface area contributed by atoms with Crippen LogP contribution in [0.25, 0.3) is 0 Å². The first-order valence-electron chi connectivity index (χ1n) is 6.98. The van der Waals surface area contributed by atoms with Crippen LogP contribution in [0.3, 0.4) is 0 Å². The minimum Gasteiger partial charge on any atom is -0.496 e. The first kappa shape index (κ1) is 14.7. The Labute approximate surface area is 121 Å². The quantitative estimate of drug-likeness (QED) is 0.904. The Morgan fingerprint density at radius 2 is 2.11 bits per heavy atom. The second kappa shape index (κ2) is 6.19. The molecule has 0 spiro atoms. The molecule has 1 heterocycles. The van der Waals surface area contributed by atoms with Gasteiger partial charge in [-0.3, -0.25) is 0 Å². The van der Waals surface area contributed by atoms with E-state index in [1.807, 2.05) is 12.1 Å². The average molecular weight is 279 g/mol. The number of thioether (sulfide) groups is 1. The Morgan fingerprint density at radius 3 is 2.79 bits per heavy atom. The van der Waals surface area contributed by atoms with Gasteiger partial charge in [0.05, 0.1) is 7.11 Å². The van der Waals surface area contributed by atoms with Crippen molar-refractivity contribution in [3.8, 4) is 5.75 Å². The lowest BCUT2D eigenvalue weighted by Crippen LogP contribution is -2.41. The fraction of sp³-hybridized carbons (Fsp3) is 0.625. The molecule has 1 aliphatic heterocycles. The Morgan fingerprint density at radius 1 is 1.37 bits per heavy atom. The van der Waals surface area contributed by atoms with Crippen molar-refractivity contribution in [1.82, 2.24) is 5.32 Å². The predicted molar refractivity (Wildman–Crippen MR) is 84.1 cm³/mol. The zero-order valence-electron chi connectivity index (χ0n) is 12.4. The number of hydrogen-bond acceptors (Lipinski definition) is 3. The molecular formula is C16H25NOS. The number of methoxy groups -OCH3 is 1. The van der Waals surface area contributed by atoms with Gasteiger partial charge in [-0.2, -0.15) is 11.8 Å². The van der Waals surface area contributed by atoms with Gasteiger partial charge in [-0.05, 0) is 30.6 Å². The molecule has 0 bridgehead atoms. The van der Waals surface area contributed by atoms with Crippen molar-refractivity contribution >= 4 is 11.8 Å². The Bertz CT molecular complexity index is 419. The van der Waals surface area contributed by atoms with Crippen LogP contribution in [0, 0.1) is 5.41 Å². The fourth-order valence-corrected chi connectivity index (χ4v) is 4.12. The molecule has 3 heteroatoms. The van der Waals surface area contributed by atoms with Crippen LogP contribution in [-0.4, -0.2) is 24.7 Å². The minimum atomic E-state index is 0.329. The highest BCUT2D eigenvalue weighted by atomic mass is 32.2. The van der Waals surface area contributed by atoms with Crippen molar-refractivity contribution in [3.63, 3.8) is 0 Å². The average Bonchev–Trinajstić information content (AvgIpc) is 2.37. The molecule has 0 saturated carbocycles. The zero-order chi connectivity index (χ0) is 13.9. The molecule has 1 fully saturated rings. The highest BCUT2D eigenvalue weighted by Gasteiger charge is 2.29. The molecular weight excluding hydrogens is 254 g/mol. The number of rotatable bonds is 4. The van der Waals surface area contributed by atoms with E-state index in [0.29, 0.717) is 17.5 Å². The van der Waals surface area contributed by atoms with Crippen LogP contribution in [0.4, 0.5) is 0 Å². The third-order valence-electron chi connectivity index (χ3n) is 3.70. The van der Waals surface area contributed by atoms with Gasteiger partial charge in [0.25, 0.3) is 0 Å². The standard InChI is InChI=1S/C16H25NOS/c1-12(14-7-5-6-8-15(14)18-4)17-13-9-16(2,3)11-19-10-13/h5-8,12-13,17H,9-11H2,1-4H3/t12-,13?/m1/s1. The number of benzene rings is 1. The van der Waals surface area contributed by atoms with Gasteiger partial charge in [-0.25, -0.2) is 0 Å². The van der Waals surface area contributed by atoms with Crippen molar-refractivity contribution < 1.29 is 4.74 Å². The van der Waals surface area contributed by atoms with E-state index in [2.05, 4.69) is 50.0 Å². The van der Waals surface area contributed by atoms with Crippen LogP contribution in [0.1, 0.15) is 38.8 Å². The van der Waals surface area contributed by atoms with Crippen molar-refractivity contribution in [3.05, 3.63) is 29.8 Å². The van der Waals surface area contributed by atoms with Crippen molar-refractivity contribution in [2.24, 2.45) is 5.41 Å². The van der Waals surface area contributed by atoms with E-state index < -0.39 is 0 Å². The molecule has 2 atom stereocenters. The SMILES string of the molecule is COc1ccccc1[C@@H](C)NC1CSCC(C)(C)C1. The number of nitrogens with one attached hydrogen (secondary N) is 1. The Balaban J connectivity index is 2.02. The van der Waals surface area contributed by atoms with E-state index in [9.17, 15) is 0 Å².